The molecule has 3 nitrogen and oxygen atoms in total. The molecule has 1 atom stereocenters. The van der Waals surface area contributed by atoms with Crippen molar-refractivity contribution < 1.29 is 13.2 Å². The van der Waals surface area contributed by atoms with Crippen LogP contribution in [0.2, 0.25) is 5.04 Å². The van der Waals surface area contributed by atoms with Crippen LogP contribution in [-0.4, -0.2) is 38.4 Å². The van der Waals surface area contributed by atoms with Gasteiger partial charge in [-0.3, -0.25) is 0 Å². The third-order valence-electron chi connectivity index (χ3n) is 7.07. The van der Waals surface area contributed by atoms with Crippen LogP contribution in [0.4, 0.5) is 8.78 Å². The monoisotopic (exact) mass is 520 g/mol. The number of hydrogen-bond donors (Lipinski definition) is 2. The average molecular weight is 521 g/mol. The van der Waals surface area contributed by atoms with Crippen molar-refractivity contribution in [2.45, 2.75) is 58.0 Å². The highest BCUT2D eigenvalue weighted by molar-refractivity contribution is 6.99. The van der Waals surface area contributed by atoms with Crippen LogP contribution in [0.1, 0.15) is 38.8 Å². The van der Waals surface area contributed by atoms with Gasteiger partial charge in [0.15, 0.2) is 0 Å². The van der Waals surface area contributed by atoms with E-state index in [4.69, 9.17) is 4.43 Å². The molecule has 0 aliphatic carbocycles. The number of benzene rings is 3. The molecule has 1 heterocycles. The van der Waals surface area contributed by atoms with Crippen molar-refractivity contribution in [2.24, 2.45) is 0 Å². The van der Waals surface area contributed by atoms with Crippen LogP contribution < -0.4 is 15.7 Å². The Balaban J connectivity index is 1.49. The summed E-state index contributed by atoms with van der Waals surface area (Å²) in [6.07, 6.45) is 2.64. The molecule has 196 valence electrons. The Bertz CT molecular complexity index is 1260. The first-order chi connectivity index (χ1) is 17.5. The number of rotatable bonds is 10. The summed E-state index contributed by atoms with van der Waals surface area (Å²) in [5.41, 5.74) is 3.38. The van der Waals surface area contributed by atoms with E-state index in [1.54, 1.807) is 0 Å². The Labute approximate surface area is 220 Å². The molecule has 0 unspecified atom stereocenters. The van der Waals surface area contributed by atoms with Crippen molar-refractivity contribution in [3.63, 3.8) is 0 Å². The molecule has 0 amide bonds. The Morgan fingerprint density at radius 3 is 2.08 bits per heavy atom. The van der Waals surface area contributed by atoms with Crippen LogP contribution in [-0.2, 0) is 10.8 Å². The van der Waals surface area contributed by atoms with E-state index in [9.17, 15) is 0 Å². The van der Waals surface area contributed by atoms with Crippen molar-refractivity contribution in [3.8, 4) is 0 Å². The highest BCUT2D eigenvalue weighted by atomic mass is 28.4. The lowest BCUT2D eigenvalue weighted by molar-refractivity contribution is -0.0433. The number of nitrogens with one attached hydrogen (secondary N) is 2. The van der Waals surface area contributed by atoms with Crippen LogP contribution in [0.3, 0.4) is 0 Å². The molecule has 0 spiro atoms. The molecule has 0 radical (unpaired) electrons. The first-order valence-electron chi connectivity index (χ1n) is 12.9. The maximum Gasteiger partial charge on any atom is 0.281 e. The molecule has 3 aromatic carbocycles. The van der Waals surface area contributed by atoms with E-state index in [2.05, 4.69) is 56.2 Å². The molecule has 4 aromatic rings. The van der Waals surface area contributed by atoms with Gasteiger partial charge in [0.05, 0.1) is 13.2 Å². The van der Waals surface area contributed by atoms with E-state index in [1.807, 2.05) is 73.8 Å². The zero-order valence-electron chi connectivity index (χ0n) is 22.4. The summed E-state index contributed by atoms with van der Waals surface area (Å²) in [5, 5.41) is 5.87. The molecular formula is C31H38F2N2OSi. The number of aromatic nitrogens is 1. The zero-order chi connectivity index (χ0) is 26.7. The average Bonchev–Trinajstić information content (AvgIpc) is 3.25. The predicted molar refractivity (Wildman–Crippen MR) is 153 cm³/mol. The first kappa shape index (κ1) is 27.2. The summed E-state index contributed by atoms with van der Waals surface area (Å²) in [6.45, 7) is 9.24. The molecule has 0 bridgehead atoms. The SMILES string of the molecule is Cc1ccc2[nH]cc(C[C@@H](C)NCC(F)(F)CO[Si](c3ccccc3)(c3ccccc3)C(C)(C)C)c2c1. The van der Waals surface area contributed by atoms with Gasteiger partial charge in [-0.05, 0) is 53.4 Å². The zero-order valence-corrected chi connectivity index (χ0v) is 23.4. The lowest BCUT2D eigenvalue weighted by Gasteiger charge is -2.43. The van der Waals surface area contributed by atoms with Crippen molar-refractivity contribution >= 4 is 29.6 Å². The van der Waals surface area contributed by atoms with E-state index in [0.29, 0.717) is 6.42 Å². The Morgan fingerprint density at radius 1 is 0.919 bits per heavy atom. The fraction of sp³-hybridized carbons (Fsp3) is 0.355. The summed E-state index contributed by atoms with van der Waals surface area (Å²) in [7, 11) is -3.02. The molecule has 0 fully saturated rings. The van der Waals surface area contributed by atoms with Crippen LogP contribution in [0.5, 0.6) is 0 Å². The van der Waals surface area contributed by atoms with Gasteiger partial charge in [-0.2, -0.15) is 0 Å². The molecule has 0 aliphatic rings. The molecule has 6 heteroatoms. The first-order valence-corrected chi connectivity index (χ1v) is 14.9. The Morgan fingerprint density at radius 2 is 1.51 bits per heavy atom. The third kappa shape index (κ3) is 6.03. The van der Waals surface area contributed by atoms with E-state index in [1.165, 1.54) is 5.56 Å². The predicted octanol–water partition coefficient (Wildman–Crippen LogP) is 6.21. The smallest absolute Gasteiger partial charge is 0.281 e. The van der Waals surface area contributed by atoms with Crippen molar-refractivity contribution in [2.75, 3.05) is 13.2 Å². The topological polar surface area (TPSA) is 37.0 Å². The lowest BCUT2D eigenvalue weighted by atomic mass is 10.0. The van der Waals surface area contributed by atoms with Crippen LogP contribution >= 0.6 is 0 Å². The second kappa shape index (κ2) is 10.9. The molecule has 4 rings (SSSR count). The fourth-order valence-electron chi connectivity index (χ4n) is 5.21. The number of alkyl halides is 2. The normalized spacial score (nSPS) is 13.7. The fourth-order valence-corrected chi connectivity index (χ4v) is 9.80. The Kier molecular flexibility index (Phi) is 8.02. The van der Waals surface area contributed by atoms with Gasteiger partial charge in [-0.1, -0.05) is 93.1 Å². The molecule has 2 N–H and O–H groups in total. The summed E-state index contributed by atoms with van der Waals surface area (Å²) < 4.78 is 37.2. The van der Waals surface area contributed by atoms with Gasteiger partial charge in [0.2, 0.25) is 0 Å². The highest BCUT2D eigenvalue weighted by Crippen LogP contribution is 2.37. The maximum atomic E-state index is 15.3. The number of aryl methyl sites for hydroxylation is 1. The molecule has 37 heavy (non-hydrogen) atoms. The lowest BCUT2D eigenvalue weighted by Crippen LogP contribution is -2.67. The number of H-pyrrole nitrogens is 1. The standard InChI is InChI=1S/C31H38F2N2OSi/c1-23-16-17-29-28(18-23)25(20-34-29)19-24(2)35-21-31(32,33)22-36-37(30(3,4)5,26-12-8-6-9-13-26)27-14-10-7-11-15-27/h6-18,20,24,34-35H,19,21-22H2,1-5H3/t24-/m1/s1. The Hall–Kier alpha value is -2.80. The molecule has 1 aromatic heterocycles. The van der Waals surface area contributed by atoms with Gasteiger partial charge in [0.25, 0.3) is 14.2 Å². The van der Waals surface area contributed by atoms with Gasteiger partial charge in [-0.15, -0.1) is 0 Å². The van der Waals surface area contributed by atoms with Gasteiger partial charge in [0, 0.05) is 23.1 Å². The van der Waals surface area contributed by atoms with E-state index >= 15 is 8.78 Å². The highest BCUT2D eigenvalue weighted by Gasteiger charge is 2.51. The molecular weight excluding hydrogens is 482 g/mol. The van der Waals surface area contributed by atoms with Crippen molar-refractivity contribution in [1.82, 2.24) is 10.3 Å². The number of hydrogen-bond acceptors (Lipinski definition) is 2. The number of aromatic amines is 1. The molecule has 0 saturated carbocycles. The van der Waals surface area contributed by atoms with Crippen molar-refractivity contribution in [3.05, 3.63) is 96.2 Å². The number of fused-ring (bicyclic) bond motifs is 1. The van der Waals surface area contributed by atoms with Crippen LogP contribution in [0.25, 0.3) is 10.9 Å². The van der Waals surface area contributed by atoms with Gasteiger partial charge in [0.1, 0.15) is 0 Å². The minimum Gasteiger partial charge on any atom is -0.401 e. The van der Waals surface area contributed by atoms with Crippen LogP contribution in [0.15, 0.2) is 85.1 Å². The summed E-state index contributed by atoms with van der Waals surface area (Å²) >= 11 is 0. The summed E-state index contributed by atoms with van der Waals surface area (Å²) in [6, 6.07) is 26.0. The van der Waals surface area contributed by atoms with Crippen molar-refractivity contribution in [1.29, 1.82) is 0 Å². The largest absolute Gasteiger partial charge is 0.401 e. The number of halogens is 2. The summed E-state index contributed by atoms with van der Waals surface area (Å²) in [4.78, 5) is 3.28. The molecule has 0 aliphatic heterocycles. The van der Waals surface area contributed by atoms with E-state index in [-0.39, 0.29) is 11.1 Å². The second-order valence-electron chi connectivity index (χ2n) is 11.2. The van der Waals surface area contributed by atoms with Crippen LogP contribution in [0, 0.1) is 6.92 Å². The quantitative estimate of drug-likeness (QED) is 0.244. The minimum atomic E-state index is -3.02. The second-order valence-corrected chi connectivity index (χ2v) is 15.5. The van der Waals surface area contributed by atoms with Gasteiger partial charge in [-0.25, -0.2) is 8.78 Å². The molecule has 0 saturated heterocycles. The van der Waals surface area contributed by atoms with Gasteiger partial charge >= 0.3 is 0 Å². The van der Waals surface area contributed by atoms with Gasteiger partial charge < -0.3 is 14.7 Å². The maximum absolute atomic E-state index is 15.3. The summed E-state index contributed by atoms with van der Waals surface area (Å²) in [5.74, 6) is -3.02. The third-order valence-corrected chi connectivity index (χ3v) is 12.1. The minimum absolute atomic E-state index is 0.113. The van der Waals surface area contributed by atoms with E-state index in [0.717, 1.165) is 26.8 Å². The van der Waals surface area contributed by atoms with E-state index < -0.39 is 27.4 Å².